The lowest BCUT2D eigenvalue weighted by Gasteiger charge is -2.43. The molecule has 3 N–H and O–H groups in total. The molecule has 3 aromatic rings. The Morgan fingerprint density at radius 2 is 1.03 bits per heavy atom. The van der Waals surface area contributed by atoms with Gasteiger partial charge in [-0.3, -0.25) is 0 Å². The first-order chi connectivity index (χ1) is 16.5. The van der Waals surface area contributed by atoms with Crippen molar-refractivity contribution in [3.8, 4) is 0 Å². The van der Waals surface area contributed by atoms with Crippen LogP contribution in [0.25, 0.3) is 0 Å². The SMILES string of the molecule is CCCCCCCC(I)[C@H](O)C(O)C(O)C(c1ccccc1)(c1ccccc1)c1ccccc1. The van der Waals surface area contributed by atoms with Gasteiger partial charge in [-0.25, -0.2) is 0 Å². The highest BCUT2D eigenvalue weighted by atomic mass is 127. The standard InChI is InChI=1S/C30H37IO3/c1-2-3-4-5-15-22-26(31)27(32)28(33)29(34)30(23-16-9-6-10-17-23,24-18-11-7-12-19-24)25-20-13-8-14-21-25/h6-14,16-21,26-29,32-34H,2-5,15,22H2,1H3/t26?,27-,28?,29?/m0/s1. The van der Waals surface area contributed by atoms with Crippen molar-refractivity contribution in [2.75, 3.05) is 0 Å². The Morgan fingerprint density at radius 1 is 0.618 bits per heavy atom. The summed E-state index contributed by atoms with van der Waals surface area (Å²) in [6.45, 7) is 2.20. The first kappa shape index (κ1) is 26.9. The van der Waals surface area contributed by atoms with Crippen LogP contribution < -0.4 is 0 Å². The van der Waals surface area contributed by atoms with Crippen LogP contribution in [0.3, 0.4) is 0 Å². The second kappa shape index (κ2) is 13.4. The van der Waals surface area contributed by atoms with Gasteiger partial charge in [0.05, 0.1) is 11.5 Å². The Labute approximate surface area is 218 Å². The van der Waals surface area contributed by atoms with Gasteiger partial charge in [0, 0.05) is 3.92 Å². The van der Waals surface area contributed by atoms with E-state index in [1.807, 2.05) is 91.0 Å². The molecule has 0 aromatic heterocycles. The van der Waals surface area contributed by atoms with Crippen LogP contribution in [-0.2, 0) is 5.41 Å². The average Bonchev–Trinajstić information content (AvgIpc) is 2.90. The average molecular weight is 573 g/mol. The molecule has 182 valence electrons. The molecule has 3 nitrogen and oxygen atoms in total. The number of halogens is 1. The minimum atomic E-state index is -1.32. The van der Waals surface area contributed by atoms with E-state index in [9.17, 15) is 15.3 Å². The van der Waals surface area contributed by atoms with Gasteiger partial charge in [-0.15, -0.1) is 0 Å². The summed E-state index contributed by atoms with van der Waals surface area (Å²) in [4.78, 5) is 0. The predicted octanol–water partition coefficient (Wildman–Crippen LogP) is 6.27. The van der Waals surface area contributed by atoms with Crippen molar-refractivity contribution >= 4 is 22.6 Å². The van der Waals surface area contributed by atoms with Crippen molar-refractivity contribution < 1.29 is 15.3 Å². The number of hydrogen-bond acceptors (Lipinski definition) is 3. The quantitative estimate of drug-likeness (QED) is 0.0980. The molecule has 3 rings (SSSR count). The molecular weight excluding hydrogens is 535 g/mol. The zero-order chi connectivity index (χ0) is 24.4. The van der Waals surface area contributed by atoms with Gasteiger partial charge in [-0.1, -0.05) is 153 Å². The molecular formula is C30H37IO3. The second-order valence-corrected chi connectivity index (χ2v) is 10.7. The van der Waals surface area contributed by atoms with Crippen LogP contribution >= 0.6 is 22.6 Å². The van der Waals surface area contributed by atoms with Crippen LogP contribution in [0.5, 0.6) is 0 Å². The molecule has 0 aliphatic rings. The highest BCUT2D eigenvalue weighted by Gasteiger charge is 2.48. The van der Waals surface area contributed by atoms with Gasteiger partial charge in [0.15, 0.2) is 0 Å². The largest absolute Gasteiger partial charge is 0.389 e. The van der Waals surface area contributed by atoms with Gasteiger partial charge < -0.3 is 15.3 Å². The zero-order valence-corrected chi connectivity index (χ0v) is 22.1. The normalized spacial score (nSPS) is 15.4. The number of hydrogen-bond donors (Lipinski definition) is 3. The summed E-state index contributed by atoms with van der Waals surface area (Å²) in [6, 6.07) is 29.4. The smallest absolute Gasteiger partial charge is 0.108 e. The highest BCUT2D eigenvalue weighted by molar-refractivity contribution is 14.1. The maximum Gasteiger partial charge on any atom is 0.108 e. The van der Waals surface area contributed by atoms with Crippen LogP contribution in [0.15, 0.2) is 91.0 Å². The summed E-state index contributed by atoms with van der Waals surface area (Å²) in [5.74, 6) is 0. The lowest BCUT2D eigenvalue weighted by molar-refractivity contribution is -0.0757. The molecule has 0 saturated carbocycles. The summed E-state index contributed by atoms with van der Waals surface area (Å²) in [5, 5.41) is 34.5. The van der Waals surface area contributed by atoms with E-state index in [4.69, 9.17) is 0 Å². The van der Waals surface area contributed by atoms with E-state index in [1.54, 1.807) is 0 Å². The molecule has 0 radical (unpaired) electrons. The third-order valence-electron chi connectivity index (χ3n) is 6.76. The van der Waals surface area contributed by atoms with Crippen molar-refractivity contribution in [2.24, 2.45) is 0 Å². The van der Waals surface area contributed by atoms with Crippen molar-refractivity contribution in [3.63, 3.8) is 0 Å². The van der Waals surface area contributed by atoms with E-state index in [1.165, 1.54) is 19.3 Å². The Morgan fingerprint density at radius 3 is 1.44 bits per heavy atom. The molecule has 3 unspecified atom stereocenters. The molecule has 34 heavy (non-hydrogen) atoms. The lowest BCUT2D eigenvalue weighted by atomic mass is 9.64. The molecule has 0 heterocycles. The van der Waals surface area contributed by atoms with Gasteiger partial charge in [0.1, 0.15) is 12.2 Å². The topological polar surface area (TPSA) is 60.7 Å². The molecule has 4 heteroatoms. The molecule has 0 aliphatic carbocycles. The van der Waals surface area contributed by atoms with Crippen molar-refractivity contribution in [2.45, 2.75) is 73.1 Å². The minimum Gasteiger partial charge on any atom is -0.389 e. The summed E-state index contributed by atoms with van der Waals surface area (Å²) in [7, 11) is 0. The van der Waals surface area contributed by atoms with Crippen molar-refractivity contribution in [1.29, 1.82) is 0 Å². The van der Waals surface area contributed by atoms with Crippen LogP contribution in [0.4, 0.5) is 0 Å². The fourth-order valence-corrected chi connectivity index (χ4v) is 5.75. The predicted molar refractivity (Wildman–Crippen MR) is 148 cm³/mol. The maximum absolute atomic E-state index is 11.9. The van der Waals surface area contributed by atoms with E-state index in [0.29, 0.717) is 0 Å². The molecule has 4 atom stereocenters. The Hall–Kier alpha value is -1.73. The maximum atomic E-state index is 11.9. The molecule has 0 fully saturated rings. The first-order valence-corrected chi connectivity index (χ1v) is 13.6. The van der Waals surface area contributed by atoms with Crippen molar-refractivity contribution in [3.05, 3.63) is 108 Å². The fourth-order valence-electron chi connectivity index (χ4n) is 4.89. The van der Waals surface area contributed by atoms with E-state index in [0.717, 1.165) is 36.0 Å². The molecule has 0 bridgehead atoms. The molecule has 0 aliphatic heterocycles. The van der Waals surface area contributed by atoms with Crippen LogP contribution in [0.2, 0.25) is 0 Å². The minimum absolute atomic E-state index is 0.149. The van der Waals surface area contributed by atoms with Gasteiger partial charge in [-0.05, 0) is 23.1 Å². The van der Waals surface area contributed by atoms with Crippen LogP contribution in [0.1, 0.15) is 62.1 Å². The number of aliphatic hydroxyl groups excluding tert-OH is 3. The monoisotopic (exact) mass is 572 g/mol. The zero-order valence-electron chi connectivity index (χ0n) is 19.9. The Bertz CT molecular complexity index is 852. The molecule has 0 saturated heterocycles. The van der Waals surface area contributed by atoms with E-state index in [2.05, 4.69) is 29.5 Å². The van der Waals surface area contributed by atoms with E-state index in [-0.39, 0.29) is 3.92 Å². The Balaban J connectivity index is 1.99. The molecule has 0 spiro atoms. The highest BCUT2D eigenvalue weighted by Crippen LogP contribution is 2.44. The molecule has 3 aromatic carbocycles. The fraction of sp³-hybridized carbons (Fsp3) is 0.400. The second-order valence-electron chi connectivity index (χ2n) is 9.05. The van der Waals surface area contributed by atoms with Gasteiger partial charge in [0.25, 0.3) is 0 Å². The molecule has 0 amide bonds. The summed E-state index contributed by atoms with van der Waals surface area (Å²) in [5.41, 5.74) is 1.57. The third-order valence-corrected chi connectivity index (χ3v) is 8.12. The lowest BCUT2D eigenvalue weighted by Crippen LogP contribution is -2.54. The summed E-state index contributed by atoms with van der Waals surface area (Å²) < 4.78 is -0.149. The van der Waals surface area contributed by atoms with Gasteiger partial charge in [-0.2, -0.15) is 0 Å². The summed E-state index contributed by atoms with van der Waals surface area (Å²) in [6.07, 6.45) is 2.94. The third kappa shape index (κ3) is 6.09. The van der Waals surface area contributed by atoms with Crippen LogP contribution in [0, 0.1) is 0 Å². The van der Waals surface area contributed by atoms with E-state index < -0.39 is 23.7 Å². The van der Waals surface area contributed by atoms with Crippen LogP contribution in [-0.4, -0.2) is 37.6 Å². The van der Waals surface area contributed by atoms with Gasteiger partial charge >= 0.3 is 0 Å². The Kier molecular flexibility index (Phi) is 10.6. The number of benzene rings is 3. The number of alkyl halides is 1. The summed E-state index contributed by atoms with van der Waals surface area (Å²) >= 11 is 2.23. The number of unbranched alkanes of at least 4 members (excludes halogenated alkanes) is 4. The van der Waals surface area contributed by atoms with Gasteiger partial charge in [0.2, 0.25) is 0 Å². The number of aliphatic hydroxyl groups is 3. The van der Waals surface area contributed by atoms with Crippen molar-refractivity contribution in [1.82, 2.24) is 0 Å². The first-order valence-electron chi connectivity index (χ1n) is 12.4. The van der Waals surface area contributed by atoms with E-state index >= 15 is 0 Å². The number of rotatable bonds is 13.